The third kappa shape index (κ3) is 2.87. The van der Waals surface area contributed by atoms with Crippen LogP contribution in [0.3, 0.4) is 0 Å². The number of pyridine rings is 1. The van der Waals surface area contributed by atoms with Crippen LogP contribution < -0.4 is 4.90 Å². The van der Waals surface area contributed by atoms with Crippen LogP contribution in [0.2, 0.25) is 5.02 Å². The monoisotopic (exact) mass is 304 g/mol. The first-order chi connectivity index (χ1) is 7.66. The fourth-order valence-corrected chi connectivity index (χ4v) is 2.58. The molecule has 2 heterocycles. The van der Waals surface area contributed by atoms with Crippen LogP contribution >= 0.6 is 27.5 Å². The zero-order valence-electron chi connectivity index (χ0n) is 9.12. The molecule has 16 heavy (non-hydrogen) atoms. The van der Waals surface area contributed by atoms with Gasteiger partial charge in [0.05, 0.1) is 11.1 Å². The summed E-state index contributed by atoms with van der Waals surface area (Å²) < 4.78 is 6.50. The first-order valence-electron chi connectivity index (χ1n) is 5.34. The van der Waals surface area contributed by atoms with Gasteiger partial charge in [-0.25, -0.2) is 4.98 Å². The molecule has 1 aliphatic heterocycles. The molecular weight excluding hydrogens is 291 g/mol. The van der Waals surface area contributed by atoms with Gasteiger partial charge in [0.2, 0.25) is 0 Å². The van der Waals surface area contributed by atoms with E-state index in [1.807, 2.05) is 6.07 Å². The third-order valence-corrected chi connectivity index (χ3v) is 3.25. The molecule has 88 valence electrons. The third-order valence-electron chi connectivity index (χ3n) is 2.54. The van der Waals surface area contributed by atoms with E-state index in [0.717, 1.165) is 36.4 Å². The Hall–Kier alpha value is -0.320. The highest BCUT2D eigenvalue weighted by Gasteiger charge is 2.18. The average Bonchev–Trinajstić information content (AvgIpc) is 2.43. The number of anilines is 1. The number of hydrogen-bond donors (Lipinski definition) is 0. The topological polar surface area (TPSA) is 25.4 Å². The zero-order chi connectivity index (χ0) is 11.5. The first-order valence-corrected chi connectivity index (χ1v) is 6.51. The lowest BCUT2D eigenvalue weighted by atomic mass is 10.3. The number of hydrogen-bond acceptors (Lipinski definition) is 3. The summed E-state index contributed by atoms with van der Waals surface area (Å²) in [6, 6.07) is 1.88. The van der Waals surface area contributed by atoms with Crippen molar-refractivity contribution >= 4 is 33.3 Å². The molecule has 0 bridgehead atoms. The molecule has 0 radical (unpaired) electrons. The average molecular weight is 306 g/mol. The van der Waals surface area contributed by atoms with E-state index in [2.05, 4.69) is 32.7 Å². The van der Waals surface area contributed by atoms with Gasteiger partial charge >= 0.3 is 0 Å². The van der Waals surface area contributed by atoms with Gasteiger partial charge in [0.1, 0.15) is 5.82 Å². The maximum absolute atomic E-state index is 6.19. The molecule has 1 unspecified atom stereocenters. The minimum atomic E-state index is 0.226. The largest absolute Gasteiger partial charge is 0.377 e. The number of rotatable bonds is 1. The van der Waals surface area contributed by atoms with E-state index in [-0.39, 0.29) is 6.10 Å². The molecule has 0 aliphatic carbocycles. The molecule has 5 heteroatoms. The van der Waals surface area contributed by atoms with Gasteiger partial charge in [0.25, 0.3) is 0 Å². The second-order valence-corrected chi connectivity index (χ2v) is 5.26. The Kier molecular flexibility index (Phi) is 4.05. The van der Waals surface area contributed by atoms with Gasteiger partial charge in [0.15, 0.2) is 0 Å². The molecule has 1 fully saturated rings. The van der Waals surface area contributed by atoms with Crippen molar-refractivity contribution in [1.82, 2.24) is 4.98 Å². The van der Waals surface area contributed by atoms with Crippen LogP contribution in [-0.4, -0.2) is 30.8 Å². The van der Waals surface area contributed by atoms with Gasteiger partial charge in [-0.15, -0.1) is 0 Å². The van der Waals surface area contributed by atoms with E-state index in [0.29, 0.717) is 5.02 Å². The maximum atomic E-state index is 6.19. The summed E-state index contributed by atoms with van der Waals surface area (Å²) in [6.07, 6.45) is 3.01. The van der Waals surface area contributed by atoms with Crippen LogP contribution in [0.15, 0.2) is 16.7 Å². The van der Waals surface area contributed by atoms with Gasteiger partial charge in [-0.05, 0) is 35.3 Å². The standard InChI is InChI=1S/C11H14BrClN2O/c1-8-7-15(3-2-4-16-8)11-10(13)5-9(12)6-14-11/h5-6,8H,2-4,7H2,1H3. The molecule has 0 amide bonds. The highest BCUT2D eigenvalue weighted by atomic mass is 79.9. The number of halogens is 2. The van der Waals surface area contributed by atoms with Crippen molar-refractivity contribution < 1.29 is 4.74 Å². The Morgan fingerprint density at radius 3 is 3.19 bits per heavy atom. The molecule has 2 rings (SSSR count). The van der Waals surface area contributed by atoms with Gasteiger partial charge < -0.3 is 9.64 Å². The van der Waals surface area contributed by atoms with Crippen molar-refractivity contribution in [1.29, 1.82) is 0 Å². The van der Waals surface area contributed by atoms with Crippen LogP contribution in [0.5, 0.6) is 0 Å². The number of aromatic nitrogens is 1. The molecule has 0 saturated carbocycles. The highest BCUT2D eigenvalue weighted by molar-refractivity contribution is 9.10. The summed E-state index contributed by atoms with van der Waals surface area (Å²) >= 11 is 9.55. The maximum Gasteiger partial charge on any atom is 0.147 e. The van der Waals surface area contributed by atoms with Crippen molar-refractivity contribution in [3.8, 4) is 0 Å². The van der Waals surface area contributed by atoms with Gasteiger partial charge in [-0.3, -0.25) is 0 Å². The highest BCUT2D eigenvalue weighted by Crippen LogP contribution is 2.27. The fourth-order valence-electron chi connectivity index (χ4n) is 1.83. The van der Waals surface area contributed by atoms with Crippen LogP contribution in [0, 0.1) is 0 Å². The van der Waals surface area contributed by atoms with E-state index in [1.54, 1.807) is 6.20 Å². The van der Waals surface area contributed by atoms with Crippen molar-refractivity contribution in [3.05, 3.63) is 21.8 Å². The lowest BCUT2D eigenvalue weighted by molar-refractivity contribution is 0.0820. The lowest BCUT2D eigenvalue weighted by Crippen LogP contribution is -2.31. The Labute approximate surface area is 109 Å². The molecule has 1 aromatic rings. The summed E-state index contributed by atoms with van der Waals surface area (Å²) in [5.74, 6) is 0.849. The summed E-state index contributed by atoms with van der Waals surface area (Å²) in [7, 11) is 0. The first kappa shape index (κ1) is 12.1. The Morgan fingerprint density at radius 2 is 2.44 bits per heavy atom. The number of ether oxygens (including phenoxy) is 1. The molecule has 0 N–H and O–H groups in total. The Morgan fingerprint density at radius 1 is 1.62 bits per heavy atom. The molecule has 1 atom stereocenters. The molecule has 1 saturated heterocycles. The smallest absolute Gasteiger partial charge is 0.147 e. The summed E-state index contributed by atoms with van der Waals surface area (Å²) in [4.78, 5) is 6.56. The molecule has 3 nitrogen and oxygen atoms in total. The summed E-state index contributed by atoms with van der Waals surface area (Å²) in [6.45, 7) is 4.67. The Balaban J connectivity index is 2.21. The van der Waals surface area contributed by atoms with Crippen LogP contribution in [-0.2, 0) is 4.74 Å². The molecule has 0 spiro atoms. The van der Waals surface area contributed by atoms with E-state index >= 15 is 0 Å². The van der Waals surface area contributed by atoms with E-state index < -0.39 is 0 Å². The molecule has 0 aromatic carbocycles. The quantitative estimate of drug-likeness (QED) is 0.797. The predicted octanol–water partition coefficient (Wildman–Crippen LogP) is 3.11. The van der Waals surface area contributed by atoms with Crippen LogP contribution in [0.4, 0.5) is 5.82 Å². The molecule has 1 aromatic heterocycles. The van der Waals surface area contributed by atoms with E-state index in [1.165, 1.54) is 0 Å². The minimum Gasteiger partial charge on any atom is -0.377 e. The Bertz CT molecular complexity index is 375. The lowest BCUT2D eigenvalue weighted by Gasteiger charge is -2.24. The second kappa shape index (κ2) is 5.34. The van der Waals surface area contributed by atoms with Crippen LogP contribution in [0.1, 0.15) is 13.3 Å². The predicted molar refractivity (Wildman–Crippen MR) is 69.2 cm³/mol. The van der Waals surface area contributed by atoms with Gasteiger partial charge in [-0.1, -0.05) is 11.6 Å². The number of nitrogens with zero attached hydrogens (tertiary/aromatic N) is 2. The molecular formula is C11H14BrClN2O. The van der Waals surface area contributed by atoms with Gasteiger partial charge in [-0.2, -0.15) is 0 Å². The van der Waals surface area contributed by atoms with E-state index in [9.17, 15) is 0 Å². The summed E-state index contributed by atoms with van der Waals surface area (Å²) in [5.41, 5.74) is 0. The van der Waals surface area contributed by atoms with Crippen molar-refractivity contribution in [3.63, 3.8) is 0 Å². The van der Waals surface area contributed by atoms with Crippen molar-refractivity contribution in [2.75, 3.05) is 24.6 Å². The normalized spacial score (nSPS) is 21.9. The zero-order valence-corrected chi connectivity index (χ0v) is 11.5. The van der Waals surface area contributed by atoms with Crippen molar-refractivity contribution in [2.24, 2.45) is 0 Å². The fraction of sp³-hybridized carbons (Fsp3) is 0.545. The van der Waals surface area contributed by atoms with Gasteiger partial charge in [0, 0.05) is 30.4 Å². The van der Waals surface area contributed by atoms with Crippen molar-refractivity contribution in [2.45, 2.75) is 19.4 Å². The minimum absolute atomic E-state index is 0.226. The van der Waals surface area contributed by atoms with E-state index in [4.69, 9.17) is 16.3 Å². The van der Waals surface area contributed by atoms with Crippen LogP contribution in [0.25, 0.3) is 0 Å². The summed E-state index contributed by atoms with van der Waals surface area (Å²) in [5, 5.41) is 0.684. The molecule has 1 aliphatic rings. The second-order valence-electron chi connectivity index (χ2n) is 3.94. The SMILES string of the molecule is CC1CN(c2ncc(Br)cc2Cl)CCCO1.